The number of nitrogens with zero attached hydrogens (tertiary/aromatic N) is 1. The lowest BCUT2D eigenvalue weighted by atomic mass is 10.2. The second-order valence-electron chi connectivity index (χ2n) is 5.42. The van der Waals surface area contributed by atoms with E-state index in [9.17, 15) is 9.90 Å². The van der Waals surface area contributed by atoms with Crippen molar-refractivity contribution >= 4 is 12.0 Å². The molecule has 2 rings (SSSR count). The first-order valence-corrected chi connectivity index (χ1v) is 8.06. The van der Waals surface area contributed by atoms with E-state index in [-0.39, 0.29) is 19.3 Å². The molecule has 5 heteroatoms. The normalized spacial score (nSPS) is 10.8. The zero-order chi connectivity index (χ0) is 17.9. The van der Waals surface area contributed by atoms with Gasteiger partial charge in [0.25, 0.3) is 0 Å². The van der Waals surface area contributed by atoms with Crippen molar-refractivity contribution in [2.75, 3.05) is 27.1 Å². The van der Waals surface area contributed by atoms with Crippen LogP contribution in [0.2, 0.25) is 0 Å². The number of hydrogen-bond acceptors (Lipinski definition) is 4. The van der Waals surface area contributed by atoms with Gasteiger partial charge < -0.3 is 19.5 Å². The Kier molecular flexibility index (Phi) is 7.69. The Balaban J connectivity index is 1.98. The van der Waals surface area contributed by atoms with Gasteiger partial charge in [-0.25, -0.2) is 0 Å². The molecule has 0 heterocycles. The van der Waals surface area contributed by atoms with Crippen LogP contribution in [-0.4, -0.2) is 43.0 Å². The van der Waals surface area contributed by atoms with Gasteiger partial charge in [-0.2, -0.15) is 0 Å². The van der Waals surface area contributed by atoms with Gasteiger partial charge in [-0.3, -0.25) is 4.79 Å². The summed E-state index contributed by atoms with van der Waals surface area (Å²) in [6.07, 6.45) is 3.27. The summed E-state index contributed by atoms with van der Waals surface area (Å²) in [4.78, 5) is 14.0. The molecular formula is C20H23NO4. The van der Waals surface area contributed by atoms with Crippen LogP contribution in [0.1, 0.15) is 11.1 Å². The molecule has 0 aliphatic carbocycles. The molecule has 0 bridgehead atoms. The summed E-state index contributed by atoms with van der Waals surface area (Å²) >= 11 is 0. The second kappa shape index (κ2) is 10.3. The van der Waals surface area contributed by atoms with Crippen LogP contribution in [0.5, 0.6) is 5.75 Å². The van der Waals surface area contributed by atoms with Crippen LogP contribution >= 0.6 is 0 Å². The Morgan fingerprint density at radius 3 is 2.48 bits per heavy atom. The van der Waals surface area contributed by atoms with Crippen molar-refractivity contribution in [3.63, 3.8) is 0 Å². The van der Waals surface area contributed by atoms with Crippen molar-refractivity contribution in [2.24, 2.45) is 0 Å². The molecule has 1 N–H and O–H groups in total. The van der Waals surface area contributed by atoms with Gasteiger partial charge in [0, 0.05) is 26.3 Å². The molecule has 0 unspecified atom stereocenters. The first kappa shape index (κ1) is 18.7. The van der Waals surface area contributed by atoms with Gasteiger partial charge in [0.1, 0.15) is 5.75 Å². The molecule has 0 aliphatic heterocycles. The lowest BCUT2D eigenvalue weighted by molar-refractivity contribution is -0.127. The number of methoxy groups -OCH3 is 1. The van der Waals surface area contributed by atoms with Crippen molar-refractivity contribution in [3.8, 4) is 5.75 Å². The van der Waals surface area contributed by atoms with E-state index in [4.69, 9.17) is 9.47 Å². The third-order valence-electron chi connectivity index (χ3n) is 3.54. The molecular weight excluding hydrogens is 318 g/mol. The molecule has 0 aliphatic rings. The third-order valence-corrected chi connectivity index (χ3v) is 3.54. The van der Waals surface area contributed by atoms with Gasteiger partial charge in [-0.15, -0.1) is 0 Å². The van der Waals surface area contributed by atoms with E-state index in [2.05, 4.69) is 0 Å². The molecule has 132 valence electrons. The minimum Gasteiger partial charge on any atom is -0.468 e. The number of rotatable bonds is 9. The molecule has 0 saturated carbocycles. The number of hydrogen-bond donors (Lipinski definition) is 1. The van der Waals surface area contributed by atoms with E-state index in [1.807, 2.05) is 54.6 Å². The van der Waals surface area contributed by atoms with E-state index >= 15 is 0 Å². The molecule has 0 saturated heterocycles. The molecule has 2 aromatic carbocycles. The number of carbonyl (C=O) groups excluding carboxylic acids is 1. The van der Waals surface area contributed by atoms with Crippen LogP contribution in [0.15, 0.2) is 60.7 Å². The van der Waals surface area contributed by atoms with Gasteiger partial charge in [0.15, 0.2) is 6.79 Å². The topological polar surface area (TPSA) is 59.0 Å². The Labute approximate surface area is 148 Å². The van der Waals surface area contributed by atoms with Gasteiger partial charge in [-0.05, 0) is 29.3 Å². The Hall–Kier alpha value is -2.63. The maximum atomic E-state index is 12.4. The summed E-state index contributed by atoms with van der Waals surface area (Å²) in [5.74, 6) is 0.564. The average Bonchev–Trinajstić information content (AvgIpc) is 2.66. The molecule has 1 amide bonds. The minimum atomic E-state index is -0.141. The second-order valence-corrected chi connectivity index (χ2v) is 5.42. The van der Waals surface area contributed by atoms with E-state index in [1.165, 1.54) is 6.08 Å². The van der Waals surface area contributed by atoms with Crippen molar-refractivity contribution in [1.82, 2.24) is 4.90 Å². The summed E-state index contributed by atoms with van der Waals surface area (Å²) < 4.78 is 10.2. The number of carbonyl (C=O) groups is 1. The van der Waals surface area contributed by atoms with Crippen LogP contribution < -0.4 is 4.74 Å². The molecule has 0 fully saturated rings. The van der Waals surface area contributed by atoms with Gasteiger partial charge in [0.05, 0.1) is 6.61 Å². The zero-order valence-corrected chi connectivity index (χ0v) is 14.3. The number of aliphatic hydroxyl groups is 1. The maximum Gasteiger partial charge on any atom is 0.246 e. The lowest BCUT2D eigenvalue weighted by Crippen LogP contribution is -2.31. The number of benzene rings is 2. The molecule has 0 spiro atoms. The van der Waals surface area contributed by atoms with Gasteiger partial charge >= 0.3 is 0 Å². The fraction of sp³-hybridized carbons (Fsp3) is 0.250. The summed E-state index contributed by atoms with van der Waals surface area (Å²) in [6, 6.07) is 17.1. The van der Waals surface area contributed by atoms with Crippen molar-refractivity contribution in [1.29, 1.82) is 0 Å². The SMILES string of the molecule is COCOc1ccc(/C=C/C(=O)N(CCO)Cc2ccccc2)cc1. The minimum absolute atomic E-state index is 0.0715. The predicted molar refractivity (Wildman–Crippen MR) is 96.9 cm³/mol. The third kappa shape index (κ3) is 6.41. The van der Waals surface area contributed by atoms with Crippen molar-refractivity contribution in [3.05, 3.63) is 71.8 Å². The number of aliphatic hydroxyl groups excluding tert-OH is 1. The van der Waals surface area contributed by atoms with Crippen molar-refractivity contribution in [2.45, 2.75) is 6.54 Å². The molecule has 2 aromatic rings. The summed E-state index contributed by atoms with van der Waals surface area (Å²) in [7, 11) is 1.57. The van der Waals surface area contributed by atoms with E-state index in [1.54, 1.807) is 18.1 Å². The van der Waals surface area contributed by atoms with E-state index in [0.29, 0.717) is 18.8 Å². The number of ether oxygens (including phenoxy) is 2. The van der Waals surface area contributed by atoms with Gasteiger partial charge in [-0.1, -0.05) is 42.5 Å². The van der Waals surface area contributed by atoms with E-state index in [0.717, 1.165) is 11.1 Å². The fourth-order valence-electron chi connectivity index (χ4n) is 2.27. The molecule has 0 aromatic heterocycles. The standard InChI is InChI=1S/C20H23NO4/c1-24-16-25-19-10-7-17(8-11-19)9-12-20(23)21(13-14-22)15-18-5-3-2-4-6-18/h2-12,22H,13-16H2,1H3/b12-9+. The Bertz CT molecular complexity index is 668. The van der Waals surface area contributed by atoms with Crippen LogP contribution in [0, 0.1) is 0 Å². The largest absolute Gasteiger partial charge is 0.468 e. The summed E-state index contributed by atoms with van der Waals surface area (Å²) in [6.45, 7) is 0.886. The Morgan fingerprint density at radius 2 is 1.84 bits per heavy atom. The van der Waals surface area contributed by atoms with E-state index < -0.39 is 0 Å². The smallest absolute Gasteiger partial charge is 0.246 e. The highest BCUT2D eigenvalue weighted by molar-refractivity contribution is 5.91. The summed E-state index contributed by atoms with van der Waals surface area (Å²) in [5, 5.41) is 9.21. The van der Waals surface area contributed by atoms with Crippen LogP contribution in [-0.2, 0) is 16.1 Å². The van der Waals surface area contributed by atoms with Crippen LogP contribution in [0.4, 0.5) is 0 Å². The van der Waals surface area contributed by atoms with Crippen molar-refractivity contribution < 1.29 is 19.4 Å². The fourth-order valence-corrected chi connectivity index (χ4v) is 2.27. The molecule has 0 atom stereocenters. The monoisotopic (exact) mass is 341 g/mol. The zero-order valence-electron chi connectivity index (χ0n) is 14.3. The average molecular weight is 341 g/mol. The van der Waals surface area contributed by atoms with Gasteiger partial charge in [0.2, 0.25) is 5.91 Å². The van der Waals surface area contributed by atoms with Crippen LogP contribution in [0.3, 0.4) is 0 Å². The summed E-state index contributed by atoms with van der Waals surface area (Å²) in [5.41, 5.74) is 1.92. The molecule has 25 heavy (non-hydrogen) atoms. The lowest BCUT2D eigenvalue weighted by Gasteiger charge is -2.20. The Morgan fingerprint density at radius 1 is 1.12 bits per heavy atom. The highest BCUT2D eigenvalue weighted by Gasteiger charge is 2.10. The number of amides is 1. The maximum absolute atomic E-state index is 12.4. The molecule has 0 radical (unpaired) electrons. The molecule has 5 nitrogen and oxygen atoms in total. The first-order valence-electron chi connectivity index (χ1n) is 8.06. The predicted octanol–water partition coefficient (Wildman–Crippen LogP) is 2.70. The first-order chi connectivity index (χ1) is 12.2. The highest BCUT2D eigenvalue weighted by Crippen LogP contribution is 2.13. The van der Waals surface area contributed by atoms with Crippen LogP contribution in [0.25, 0.3) is 6.08 Å². The quantitative estimate of drug-likeness (QED) is 0.563. The highest BCUT2D eigenvalue weighted by atomic mass is 16.7.